The molecule has 0 atom stereocenters. The summed E-state index contributed by atoms with van der Waals surface area (Å²) in [5.41, 5.74) is 1.62. The van der Waals surface area contributed by atoms with Gasteiger partial charge in [-0.3, -0.25) is 9.59 Å². The van der Waals surface area contributed by atoms with E-state index in [0.29, 0.717) is 28.6 Å². The van der Waals surface area contributed by atoms with Gasteiger partial charge in [0, 0.05) is 18.0 Å². The number of rotatable bonds is 6. The molecule has 0 fully saturated rings. The minimum Gasteiger partial charge on any atom is -0.497 e. The lowest BCUT2D eigenvalue weighted by Crippen LogP contribution is -2.22. The van der Waals surface area contributed by atoms with Gasteiger partial charge in [0.2, 0.25) is 0 Å². The number of aromatic nitrogens is 1. The van der Waals surface area contributed by atoms with E-state index in [0.717, 1.165) is 11.3 Å². The van der Waals surface area contributed by atoms with Crippen LogP contribution in [0.3, 0.4) is 0 Å². The number of anilines is 1. The van der Waals surface area contributed by atoms with Crippen LogP contribution in [0.25, 0.3) is 0 Å². The summed E-state index contributed by atoms with van der Waals surface area (Å²) >= 11 is 6.09. The third kappa shape index (κ3) is 4.53. The first-order valence-corrected chi connectivity index (χ1v) is 8.86. The molecule has 1 aromatic heterocycles. The van der Waals surface area contributed by atoms with Crippen molar-refractivity contribution in [2.75, 3.05) is 19.5 Å². The minimum atomic E-state index is -0.343. The molecule has 1 heterocycles. The summed E-state index contributed by atoms with van der Waals surface area (Å²) < 4.78 is 11.7. The summed E-state index contributed by atoms with van der Waals surface area (Å²) in [6.45, 7) is 0.346. The number of carbonyl (C=O) groups is 1. The number of pyridine rings is 1. The van der Waals surface area contributed by atoms with Crippen LogP contribution in [0.1, 0.15) is 15.9 Å². The molecule has 0 aliphatic carbocycles. The van der Waals surface area contributed by atoms with Crippen molar-refractivity contribution in [1.29, 1.82) is 0 Å². The smallest absolute Gasteiger partial charge is 0.257 e. The van der Waals surface area contributed by atoms with Crippen LogP contribution in [0.4, 0.5) is 5.69 Å². The van der Waals surface area contributed by atoms with E-state index in [4.69, 9.17) is 21.1 Å². The number of methoxy groups -OCH3 is 2. The van der Waals surface area contributed by atoms with Gasteiger partial charge in [0.25, 0.3) is 11.5 Å². The minimum absolute atomic E-state index is 0.195. The van der Waals surface area contributed by atoms with E-state index in [2.05, 4.69) is 5.32 Å². The molecule has 1 N–H and O–H groups in total. The Morgan fingerprint density at radius 2 is 1.79 bits per heavy atom. The highest BCUT2D eigenvalue weighted by atomic mass is 35.5. The van der Waals surface area contributed by atoms with E-state index < -0.39 is 0 Å². The first-order valence-electron chi connectivity index (χ1n) is 8.48. The lowest BCUT2D eigenvalue weighted by atomic mass is 10.2. The molecule has 144 valence electrons. The maximum atomic E-state index is 12.6. The Bertz CT molecular complexity index is 1050. The van der Waals surface area contributed by atoms with E-state index in [9.17, 15) is 9.59 Å². The van der Waals surface area contributed by atoms with Crippen LogP contribution in [-0.2, 0) is 6.54 Å². The number of nitrogens with one attached hydrogen (secondary N) is 1. The largest absolute Gasteiger partial charge is 0.497 e. The van der Waals surface area contributed by atoms with Gasteiger partial charge in [0.1, 0.15) is 11.5 Å². The fourth-order valence-corrected chi connectivity index (χ4v) is 2.92. The van der Waals surface area contributed by atoms with Crippen LogP contribution in [0, 0.1) is 0 Å². The van der Waals surface area contributed by atoms with Gasteiger partial charge in [0.15, 0.2) is 0 Å². The van der Waals surface area contributed by atoms with E-state index >= 15 is 0 Å². The summed E-state index contributed by atoms with van der Waals surface area (Å²) in [7, 11) is 3.11. The van der Waals surface area contributed by atoms with Crippen molar-refractivity contribution >= 4 is 23.2 Å². The van der Waals surface area contributed by atoms with Crippen LogP contribution in [-0.4, -0.2) is 24.7 Å². The highest BCUT2D eigenvalue weighted by Gasteiger charge is 2.10. The van der Waals surface area contributed by atoms with Gasteiger partial charge in [-0.05, 0) is 42.0 Å². The SMILES string of the molecule is COc1ccc(Cn2cc(C(=O)Nc3ccc(OC)c(Cl)c3)ccc2=O)cc1. The van der Waals surface area contributed by atoms with E-state index in [1.807, 2.05) is 24.3 Å². The van der Waals surface area contributed by atoms with Crippen molar-refractivity contribution < 1.29 is 14.3 Å². The van der Waals surface area contributed by atoms with Crippen molar-refractivity contribution in [2.24, 2.45) is 0 Å². The summed E-state index contributed by atoms with van der Waals surface area (Å²) in [6.07, 6.45) is 1.53. The number of hydrogen-bond acceptors (Lipinski definition) is 4. The molecule has 2 aromatic carbocycles. The van der Waals surface area contributed by atoms with Gasteiger partial charge in [0.05, 0.1) is 31.4 Å². The number of carbonyl (C=O) groups excluding carboxylic acids is 1. The normalized spacial score (nSPS) is 10.4. The lowest BCUT2D eigenvalue weighted by molar-refractivity contribution is 0.102. The maximum Gasteiger partial charge on any atom is 0.257 e. The van der Waals surface area contributed by atoms with Crippen molar-refractivity contribution in [3.8, 4) is 11.5 Å². The third-order valence-electron chi connectivity index (χ3n) is 4.17. The van der Waals surface area contributed by atoms with Crippen molar-refractivity contribution in [3.63, 3.8) is 0 Å². The molecule has 0 saturated heterocycles. The molecule has 0 aliphatic heterocycles. The second kappa shape index (κ2) is 8.63. The number of amides is 1. The number of hydrogen-bond donors (Lipinski definition) is 1. The molecule has 3 rings (SSSR count). The number of ether oxygens (including phenoxy) is 2. The number of nitrogens with zero attached hydrogens (tertiary/aromatic N) is 1. The van der Waals surface area contributed by atoms with Gasteiger partial charge >= 0.3 is 0 Å². The zero-order valence-electron chi connectivity index (χ0n) is 15.4. The Labute approximate surface area is 167 Å². The van der Waals surface area contributed by atoms with Crippen LogP contribution in [0.15, 0.2) is 65.6 Å². The van der Waals surface area contributed by atoms with E-state index in [1.165, 1.54) is 30.0 Å². The van der Waals surface area contributed by atoms with Crippen molar-refractivity contribution in [3.05, 3.63) is 87.3 Å². The summed E-state index contributed by atoms with van der Waals surface area (Å²) in [5, 5.41) is 3.16. The molecule has 28 heavy (non-hydrogen) atoms. The molecule has 0 spiro atoms. The molecule has 1 amide bonds. The lowest BCUT2D eigenvalue weighted by Gasteiger charge is -2.11. The van der Waals surface area contributed by atoms with Gasteiger partial charge < -0.3 is 19.4 Å². The van der Waals surface area contributed by atoms with Crippen LogP contribution in [0.2, 0.25) is 5.02 Å². The first kappa shape index (κ1) is 19.5. The summed E-state index contributed by atoms with van der Waals surface area (Å²) in [4.78, 5) is 24.7. The molecule has 0 saturated carbocycles. The molecule has 0 unspecified atom stereocenters. The van der Waals surface area contributed by atoms with Crippen molar-refractivity contribution in [1.82, 2.24) is 4.57 Å². The maximum absolute atomic E-state index is 12.6. The number of benzene rings is 2. The molecular weight excluding hydrogens is 380 g/mol. The van der Waals surface area contributed by atoms with Gasteiger partial charge in [-0.2, -0.15) is 0 Å². The highest BCUT2D eigenvalue weighted by molar-refractivity contribution is 6.32. The van der Waals surface area contributed by atoms with Crippen LogP contribution in [0.5, 0.6) is 11.5 Å². The monoisotopic (exact) mass is 398 g/mol. The predicted octanol–water partition coefficient (Wildman–Crippen LogP) is 3.82. The molecule has 3 aromatic rings. The summed E-state index contributed by atoms with van der Waals surface area (Å²) in [6, 6.07) is 15.2. The second-order valence-corrected chi connectivity index (χ2v) is 6.44. The van der Waals surface area contributed by atoms with E-state index in [1.54, 1.807) is 25.3 Å². The molecular formula is C21H19ClN2O4. The standard InChI is InChI=1S/C21H19ClN2O4/c1-27-17-7-3-14(4-8-17)12-24-13-15(5-10-20(24)25)21(26)23-16-6-9-19(28-2)18(22)11-16/h3-11,13H,12H2,1-2H3,(H,23,26). The van der Waals surface area contributed by atoms with E-state index in [-0.39, 0.29) is 11.5 Å². The van der Waals surface area contributed by atoms with Gasteiger partial charge in [-0.25, -0.2) is 0 Å². The number of halogens is 1. The zero-order chi connectivity index (χ0) is 20.1. The van der Waals surface area contributed by atoms with Crippen LogP contribution >= 0.6 is 11.6 Å². The zero-order valence-corrected chi connectivity index (χ0v) is 16.2. The second-order valence-electron chi connectivity index (χ2n) is 6.04. The Balaban J connectivity index is 1.78. The third-order valence-corrected chi connectivity index (χ3v) is 4.46. The van der Waals surface area contributed by atoms with Gasteiger partial charge in [-0.1, -0.05) is 23.7 Å². The first-order chi connectivity index (χ1) is 13.5. The molecule has 0 radical (unpaired) electrons. The topological polar surface area (TPSA) is 69.6 Å². The highest BCUT2D eigenvalue weighted by Crippen LogP contribution is 2.27. The van der Waals surface area contributed by atoms with Gasteiger partial charge in [-0.15, -0.1) is 0 Å². The Kier molecular flexibility index (Phi) is 6.01. The Morgan fingerprint density at radius 1 is 1.04 bits per heavy atom. The summed E-state index contributed by atoms with van der Waals surface area (Å²) in [5.74, 6) is 0.916. The van der Waals surface area contributed by atoms with Crippen LogP contribution < -0.4 is 20.3 Å². The molecule has 7 heteroatoms. The van der Waals surface area contributed by atoms with Crippen molar-refractivity contribution in [2.45, 2.75) is 6.54 Å². The Morgan fingerprint density at radius 3 is 2.43 bits per heavy atom. The average molecular weight is 399 g/mol. The fraction of sp³-hybridized carbons (Fsp3) is 0.143. The fourth-order valence-electron chi connectivity index (χ4n) is 2.66. The average Bonchev–Trinajstić information content (AvgIpc) is 2.70. The predicted molar refractivity (Wildman–Crippen MR) is 109 cm³/mol. The quantitative estimate of drug-likeness (QED) is 0.685. The molecule has 0 bridgehead atoms. The molecule has 0 aliphatic rings. The molecule has 6 nitrogen and oxygen atoms in total. The Hall–Kier alpha value is -3.25.